The molecule has 0 bridgehead atoms. The minimum absolute atomic E-state index is 0.135. The van der Waals surface area contributed by atoms with Crippen LogP contribution in [0.25, 0.3) is 0 Å². The largest absolute Gasteiger partial charge is 0.354 e. The maximum absolute atomic E-state index is 13.7. The summed E-state index contributed by atoms with van der Waals surface area (Å²) in [6.45, 7) is 6.95. The number of carbonyl (C=O) groups is 2. The second-order valence-corrected chi connectivity index (χ2v) is 11.8. The number of amides is 2. The summed E-state index contributed by atoms with van der Waals surface area (Å²) in [6.07, 6.45) is 1.02. The number of rotatable bonds is 14. The Morgan fingerprint density at radius 3 is 1.97 bits per heavy atom. The number of hydrogen-bond donors (Lipinski definition) is 2. The van der Waals surface area contributed by atoms with Gasteiger partial charge in [-0.1, -0.05) is 93.6 Å². The zero-order valence-corrected chi connectivity index (χ0v) is 23.8. The summed E-state index contributed by atoms with van der Waals surface area (Å²) >= 11 is 0. The molecule has 2 amide bonds. The van der Waals surface area contributed by atoms with E-state index in [-0.39, 0.29) is 29.0 Å². The van der Waals surface area contributed by atoms with Gasteiger partial charge >= 0.3 is 0 Å². The molecule has 0 saturated carbocycles. The van der Waals surface area contributed by atoms with Crippen LogP contribution in [0.3, 0.4) is 0 Å². The number of aryl methyl sites for hydroxylation is 1. The van der Waals surface area contributed by atoms with Gasteiger partial charge in [0.1, 0.15) is 6.04 Å². The zero-order chi connectivity index (χ0) is 28.3. The Balaban J connectivity index is 1.84. The number of nitrogens with zero attached hydrogens (tertiary/aromatic N) is 1. The van der Waals surface area contributed by atoms with E-state index < -0.39 is 16.1 Å². The summed E-state index contributed by atoms with van der Waals surface area (Å²) in [4.78, 5) is 29.1. The highest BCUT2D eigenvalue weighted by Gasteiger charge is 2.30. The Kier molecular flexibility index (Phi) is 11.3. The fraction of sp³-hybridized carbons (Fsp3) is 0.355. The molecule has 0 saturated heterocycles. The molecule has 208 valence electrons. The van der Waals surface area contributed by atoms with Crippen molar-refractivity contribution >= 4 is 21.8 Å². The first kappa shape index (κ1) is 30.1. The van der Waals surface area contributed by atoms with Crippen molar-refractivity contribution in [1.29, 1.82) is 0 Å². The van der Waals surface area contributed by atoms with Crippen molar-refractivity contribution in [3.05, 3.63) is 102 Å². The smallest absolute Gasteiger partial charge is 0.243 e. The second kappa shape index (κ2) is 14.6. The van der Waals surface area contributed by atoms with Gasteiger partial charge in [-0.05, 0) is 41.2 Å². The molecule has 3 aromatic carbocycles. The number of nitrogens with one attached hydrogen (secondary N) is 2. The van der Waals surface area contributed by atoms with E-state index in [1.54, 1.807) is 36.1 Å². The van der Waals surface area contributed by atoms with E-state index in [0.717, 1.165) is 16.7 Å². The maximum atomic E-state index is 13.7. The van der Waals surface area contributed by atoms with Crippen LogP contribution in [0.2, 0.25) is 0 Å². The molecular formula is C31H39N3O4S. The third-order valence-electron chi connectivity index (χ3n) is 6.35. The molecule has 3 aromatic rings. The van der Waals surface area contributed by atoms with Crippen molar-refractivity contribution in [2.75, 3.05) is 13.1 Å². The van der Waals surface area contributed by atoms with Crippen LogP contribution in [0.15, 0.2) is 89.8 Å². The monoisotopic (exact) mass is 549 g/mol. The zero-order valence-electron chi connectivity index (χ0n) is 23.0. The Morgan fingerprint density at radius 1 is 0.821 bits per heavy atom. The van der Waals surface area contributed by atoms with E-state index in [1.165, 1.54) is 0 Å². The molecule has 2 N–H and O–H groups in total. The van der Waals surface area contributed by atoms with E-state index in [2.05, 4.69) is 10.0 Å². The SMILES string of the molecule is CCNS(=O)(=O)c1ccc(CCC(=O)N(Cc2ccccc2)[C@@H](Cc2ccccc2)C(=O)NCC(C)C)cc1. The van der Waals surface area contributed by atoms with Gasteiger partial charge in [0.15, 0.2) is 0 Å². The van der Waals surface area contributed by atoms with E-state index >= 15 is 0 Å². The summed E-state index contributed by atoms with van der Waals surface area (Å²) in [5, 5.41) is 3.03. The molecule has 7 nitrogen and oxygen atoms in total. The lowest BCUT2D eigenvalue weighted by Gasteiger charge is -2.32. The third kappa shape index (κ3) is 9.33. The minimum Gasteiger partial charge on any atom is -0.354 e. The summed E-state index contributed by atoms with van der Waals surface area (Å²) in [5.74, 6) is -0.0254. The first-order valence-corrected chi connectivity index (χ1v) is 14.9. The van der Waals surface area contributed by atoms with Crippen LogP contribution in [0.1, 0.15) is 43.9 Å². The van der Waals surface area contributed by atoms with E-state index in [9.17, 15) is 18.0 Å². The Morgan fingerprint density at radius 2 is 1.41 bits per heavy atom. The van der Waals surface area contributed by atoms with Crippen LogP contribution < -0.4 is 10.0 Å². The number of sulfonamides is 1. The molecule has 0 heterocycles. The lowest BCUT2D eigenvalue weighted by Crippen LogP contribution is -2.51. The molecule has 0 aliphatic heterocycles. The van der Waals surface area contributed by atoms with Gasteiger partial charge in [-0.3, -0.25) is 9.59 Å². The van der Waals surface area contributed by atoms with Crippen LogP contribution in [0.4, 0.5) is 0 Å². The van der Waals surface area contributed by atoms with Crippen molar-refractivity contribution in [1.82, 2.24) is 14.9 Å². The average Bonchev–Trinajstić information content (AvgIpc) is 2.93. The lowest BCUT2D eigenvalue weighted by molar-refractivity contribution is -0.141. The fourth-order valence-corrected chi connectivity index (χ4v) is 5.30. The lowest BCUT2D eigenvalue weighted by atomic mass is 10.0. The van der Waals surface area contributed by atoms with Gasteiger partial charge in [0.05, 0.1) is 4.90 Å². The first-order chi connectivity index (χ1) is 18.7. The van der Waals surface area contributed by atoms with Gasteiger partial charge in [-0.25, -0.2) is 13.1 Å². The molecule has 0 aromatic heterocycles. The van der Waals surface area contributed by atoms with Crippen molar-refractivity contribution in [2.24, 2.45) is 5.92 Å². The molecule has 8 heteroatoms. The minimum atomic E-state index is -3.54. The van der Waals surface area contributed by atoms with Gasteiger partial charge in [0, 0.05) is 32.5 Å². The standard InChI is InChI=1S/C31H39N3O4S/c1-4-33-39(37,38)28-18-15-25(16-19-28)17-20-30(35)34(23-27-13-9-6-10-14-27)29(31(36)32-22-24(2)3)21-26-11-7-5-8-12-26/h5-16,18-19,24,29,33H,4,17,20-23H2,1-3H3,(H,32,36)/t29-/m0/s1. The van der Waals surface area contributed by atoms with Crippen LogP contribution in [0.5, 0.6) is 0 Å². The summed E-state index contributed by atoms with van der Waals surface area (Å²) < 4.78 is 27.0. The Labute approximate surface area is 232 Å². The van der Waals surface area contributed by atoms with Gasteiger partial charge in [-0.15, -0.1) is 0 Å². The van der Waals surface area contributed by atoms with Crippen LogP contribution in [-0.2, 0) is 39.0 Å². The normalized spacial score (nSPS) is 12.2. The highest BCUT2D eigenvalue weighted by molar-refractivity contribution is 7.89. The third-order valence-corrected chi connectivity index (χ3v) is 7.91. The van der Waals surface area contributed by atoms with Gasteiger partial charge < -0.3 is 10.2 Å². The van der Waals surface area contributed by atoms with Crippen molar-refractivity contribution < 1.29 is 18.0 Å². The first-order valence-electron chi connectivity index (χ1n) is 13.4. The molecule has 3 rings (SSSR count). The summed E-state index contributed by atoms with van der Waals surface area (Å²) in [6, 6.07) is 25.3. The van der Waals surface area contributed by atoms with Gasteiger partial charge in [-0.2, -0.15) is 0 Å². The second-order valence-electron chi connectivity index (χ2n) is 10.00. The molecule has 0 fully saturated rings. The van der Waals surface area contributed by atoms with Gasteiger partial charge in [0.25, 0.3) is 0 Å². The highest BCUT2D eigenvalue weighted by Crippen LogP contribution is 2.18. The molecule has 0 unspecified atom stereocenters. The van der Waals surface area contributed by atoms with Crippen LogP contribution >= 0.6 is 0 Å². The fourth-order valence-electron chi connectivity index (χ4n) is 4.26. The van der Waals surface area contributed by atoms with Crippen molar-refractivity contribution in [2.45, 2.75) is 57.5 Å². The highest BCUT2D eigenvalue weighted by atomic mass is 32.2. The Hall–Kier alpha value is -3.49. The molecule has 0 spiro atoms. The molecule has 1 atom stereocenters. The Bertz CT molecular complexity index is 1290. The average molecular weight is 550 g/mol. The summed E-state index contributed by atoms with van der Waals surface area (Å²) in [5.41, 5.74) is 2.77. The summed E-state index contributed by atoms with van der Waals surface area (Å²) in [7, 11) is -3.54. The topological polar surface area (TPSA) is 95.6 Å². The number of carbonyl (C=O) groups excluding carboxylic acids is 2. The van der Waals surface area contributed by atoms with Crippen molar-refractivity contribution in [3.63, 3.8) is 0 Å². The molecule has 0 radical (unpaired) electrons. The van der Waals surface area contributed by atoms with Crippen LogP contribution in [-0.4, -0.2) is 44.3 Å². The maximum Gasteiger partial charge on any atom is 0.243 e. The van der Waals surface area contributed by atoms with E-state index in [1.807, 2.05) is 74.5 Å². The molecule has 0 aliphatic carbocycles. The van der Waals surface area contributed by atoms with E-state index in [0.29, 0.717) is 32.5 Å². The number of benzene rings is 3. The van der Waals surface area contributed by atoms with Crippen LogP contribution in [0, 0.1) is 5.92 Å². The van der Waals surface area contributed by atoms with E-state index in [4.69, 9.17) is 0 Å². The quantitative estimate of drug-likeness (QED) is 0.313. The van der Waals surface area contributed by atoms with Crippen molar-refractivity contribution in [3.8, 4) is 0 Å². The number of hydrogen-bond acceptors (Lipinski definition) is 4. The van der Waals surface area contributed by atoms with Gasteiger partial charge in [0.2, 0.25) is 21.8 Å². The predicted octanol–water partition coefficient (Wildman–Crippen LogP) is 4.33. The molecular weight excluding hydrogens is 510 g/mol. The molecule has 0 aliphatic rings. The predicted molar refractivity (Wildman–Crippen MR) is 154 cm³/mol. The molecule has 39 heavy (non-hydrogen) atoms.